The highest BCUT2D eigenvalue weighted by atomic mass is 32.2. The van der Waals surface area contributed by atoms with Gasteiger partial charge in [0.2, 0.25) is 0 Å². The molecule has 0 aromatic carbocycles. The van der Waals surface area contributed by atoms with E-state index < -0.39 is 0 Å². The lowest BCUT2D eigenvalue weighted by atomic mass is 10.4. The fourth-order valence-corrected chi connectivity index (χ4v) is 2.33. The van der Waals surface area contributed by atoms with Gasteiger partial charge in [0, 0.05) is 38.2 Å². The van der Waals surface area contributed by atoms with Crippen LogP contribution in [0.3, 0.4) is 0 Å². The Labute approximate surface area is 106 Å². The molecule has 0 saturated heterocycles. The minimum absolute atomic E-state index is 0.0172. The lowest BCUT2D eigenvalue weighted by Crippen LogP contribution is -2.19. The number of aromatic nitrogens is 1. The minimum atomic E-state index is 0.0172. The van der Waals surface area contributed by atoms with Crippen LogP contribution in [0.1, 0.15) is 12.8 Å². The van der Waals surface area contributed by atoms with Crippen molar-refractivity contribution in [1.29, 1.82) is 0 Å². The van der Waals surface area contributed by atoms with Crippen LogP contribution in [0.15, 0.2) is 23.1 Å². The summed E-state index contributed by atoms with van der Waals surface area (Å²) in [6, 6.07) is 3.15. The summed E-state index contributed by atoms with van der Waals surface area (Å²) in [6.45, 7) is 1.56. The molecule has 1 heterocycles. The van der Waals surface area contributed by atoms with Crippen LogP contribution in [0, 0.1) is 0 Å². The van der Waals surface area contributed by atoms with Crippen molar-refractivity contribution < 1.29 is 4.74 Å². The molecule has 1 rings (SSSR count). The first kappa shape index (κ1) is 14.1. The molecule has 0 spiro atoms. The van der Waals surface area contributed by atoms with E-state index >= 15 is 0 Å². The molecule has 0 fully saturated rings. The summed E-state index contributed by atoms with van der Waals surface area (Å²) in [6.07, 6.45) is 3.78. The van der Waals surface area contributed by atoms with E-state index in [1.54, 1.807) is 23.9 Å². The Kier molecular flexibility index (Phi) is 6.81. The summed E-state index contributed by atoms with van der Waals surface area (Å²) in [7, 11) is 1.72. The summed E-state index contributed by atoms with van der Waals surface area (Å²) in [5.41, 5.74) is 6.29. The molecule has 0 saturated carbocycles. The third-order valence-corrected chi connectivity index (χ3v) is 3.49. The highest BCUT2D eigenvalue weighted by Gasteiger charge is 1.96. The normalized spacial score (nSPS) is 10.6. The maximum atomic E-state index is 11.5. The summed E-state index contributed by atoms with van der Waals surface area (Å²) >= 11 is 1.90. The molecule has 0 radical (unpaired) electrons. The van der Waals surface area contributed by atoms with Gasteiger partial charge in [-0.15, -0.1) is 0 Å². The third kappa shape index (κ3) is 5.79. The van der Waals surface area contributed by atoms with Gasteiger partial charge in [-0.2, -0.15) is 11.8 Å². The van der Waals surface area contributed by atoms with Crippen molar-refractivity contribution in [1.82, 2.24) is 4.57 Å². The van der Waals surface area contributed by atoms with Crippen molar-refractivity contribution in [3.8, 4) is 0 Å². The Morgan fingerprint density at radius 3 is 2.88 bits per heavy atom. The second-order valence-electron chi connectivity index (χ2n) is 3.81. The fourth-order valence-electron chi connectivity index (χ4n) is 1.47. The zero-order chi connectivity index (χ0) is 12.5. The third-order valence-electron chi connectivity index (χ3n) is 2.33. The van der Waals surface area contributed by atoms with Gasteiger partial charge in [0.1, 0.15) is 0 Å². The van der Waals surface area contributed by atoms with E-state index in [9.17, 15) is 4.79 Å². The minimum Gasteiger partial charge on any atom is -0.398 e. The van der Waals surface area contributed by atoms with Crippen LogP contribution in [0.2, 0.25) is 0 Å². The lowest BCUT2D eigenvalue weighted by Gasteiger charge is -2.06. The standard InChI is InChI=1S/C12H20N2O2S/c1-16-7-3-9-17-8-2-6-14-10-11(13)4-5-12(14)15/h4-5,10H,2-3,6-9,13H2,1H3. The number of thioether (sulfide) groups is 1. The molecule has 0 amide bonds. The van der Waals surface area contributed by atoms with Crippen molar-refractivity contribution in [2.75, 3.05) is 31.0 Å². The molecular weight excluding hydrogens is 236 g/mol. The van der Waals surface area contributed by atoms with Crippen LogP contribution in [0.4, 0.5) is 5.69 Å². The van der Waals surface area contributed by atoms with Crippen molar-refractivity contribution >= 4 is 17.4 Å². The molecule has 1 aromatic heterocycles. The number of ether oxygens (including phenoxy) is 1. The molecule has 0 bridgehead atoms. The molecule has 0 aliphatic carbocycles. The molecule has 0 aliphatic rings. The SMILES string of the molecule is COCCCSCCCn1cc(N)ccc1=O. The van der Waals surface area contributed by atoms with Crippen LogP contribution in [-0.2, 0) is 11.3 Å². The zero-order valence-electron chi connectivity index (χ0n) is 10.2. The van der Waals surface area contributed by atoms with Crippen LogP contribution in [0.25, 0.3) is 0 Å². The molecule has 5 heteroatoms. The van der Waals surface area contributed by atoms with Gasteiger partial charge < -0.3 is 15.0 Å². The van der Waals surface area contributed by atoms with Gasteiger partial charge in [-0.1, -0.05) is 0 Å². The number of anilines is 1. The molecular formula is C12H20N2O2S. The van der Waals surface area contributed by atoms with E-state index in [4.69, 9.17) is 10.5 Å². The van der Waals surface area contributed by atoms with E-state index in [0.29, 0.717) is 5.69 Å². The van der Waals surface area contributed by atoms with E-state index in [1.807, 2.05) is 11.8 Å². The van der Waals surface area contributed by atoms with Gasteiger partial charge in [-0.3, -0.25) is 4.79 Å². The number of nitrogens with zero attached hydrogens (tertiary/aromatic N) is 1. The summed E-state index contributed by atoms with van der Waals surface area (Å²) in [5, 5.41) is 0. The summed E-state index contributed by atoms with van der Waals surface area (Å²) < 4.78 is 6.65. The zero-order valence-corrected chi connectivity index (χ0v) is 11.0. The molecule has 1 aromatic rings. The second-order valence-corrected chi connectivity index (χ2v) is 5.03. The lowest BCUT2D eigenvalue weighted by molar-refractivity contribution is 0.200. The first-order valence-corrected chi connectivity index (χ1v) is 6.92. The molecule has 4 nitrogen and oxygen atoms in total. The van der Waals surface area contributed by atoms with Crippen molar-refractivity contribution in [3.05, 3.63) is 28.7 Å². The Morgan fingerprint density at radius 1 is 1.35 bits per heavy atom. The first-order valence-electron chi connectivity index (χ1n) is 5.76. The highest BCUT2D eigenvalue weighted by molar-refractivity contribution is 7.99. The number of rotatable bonds is 8. The molecule has 0 aliphatic heterocycles. The van der Waals surface area contributed by atoms with Gasteiger partial charge in [0.05, 0.1) is 0 Å². The van der Waals surface area contributed by atoms with Gasteiger partial charge in [0.15, 0.2) is 0 Å². The maximum absolute atomic E-state index is 11.5. The molecule has 17 heavy (non-hydrogen) atoms. The van der Waals surface area contributed by atoms with Gasteiger partial charge in [0.25, 0.3) is 5.56 Å². The van der Waals surface area contributed by atoms with Crippen molar-refractivity contribution in [2.24, 2.45) is 0 Å². The first-order chi connectivity index (χ1) is 8.24. The number of aryl methyl sites for hydroxylation is 1. The monoisotopic (exact) mass is 256 g/mol. The number of hydrogen-bond acceptors (Lipinski definition) is 4. The van der Waals surface area contributed by atoms with E-state index in [1.165, 1.54) is 6.07 Å². The van der Waals surface area contributed by atoms with Crippen LogP contribution >= 0.6 is 11.8 Å². The van der Waals surface area contributed by atoms with Crippen molar-refractivity contribution in [3.63, 3.8) is 0 Å². The average molecular weight is 256 g/mol. The molecule has 96 valence electrons. The van der Waals surface area contributed by atoms with E-state index in [-0.39, 0.29) is 5.56 Å². The summed E-state index contributed by atoms with van der Waals surface area (Å²) in [5.74, 6) is 2.17. The van der Waals surface area contributed by atoms with E-state index in [0.717, 1.165) is 37.5 Å². The van der Waals surface area contributed by atoms with Crippen LogP contribution in [0.5, 0.6) is 0 Å². The Balaban J connectivity index is 2.18. The molecule has 2 N–H and O–H groups in total. The Bertz CT molecular complexity index is 379. The predicted octanol–water partition coefficient (Wildman–Crippen LogP) is 1.59. The van der Waals surface area contributed by atoms with Gasteiger partial charge >= 0.3 is 0 Å². The number of methoxy groups -OCH3 is 1. The second kappa shape index (κ2) is 8.20. The smallest absolute Gasteiger partial charge is 0.250 e. The van der Waals surface area contributed by atoms with Crippen LogP contribution < -0.4 is 11.3 Å². The quantitative estimate of drug-likeness (QED) is 0.718. The number of nitrogen functional groups attached to an aromatic ring is 1. The topological polar surface area (TPSA) is 57.2 Å². The summed E-state index contributed by atoms with van der Waals surface area (Å²) in [4.78, 5) is 11.5. The molecule has 0 unspecified atom stereocenters. The highest BCUT2D eigenvalue weighted by Crippen LogP contribution is 2.06. The maximum Gasteiger partial charge on any atom is 0.250 e. The van der Waals surface area contributed by atoms with Gasteiger partial charge in [-0.05, 0) is 30.4 Å². The molecule has 0 atom stereocenters. The predicted molar refractivity (Wildman–Crippen MR) is 73.5 cm³/mol. The fraction of sp³-hybridized carbons (Fsp3) is 0.583. The van der Waals surface area contributed by atoms with Crippen LogP contribution in [-0.4, -0.2) is 29.8 Å². The number of hydrogen-bond donors (Lipinski definition) is 1. The van der Waals surface area contributed by atoms with Gasteiger partial charge in [-0.25, -0.2) is 0 Å². The number of nitrogens with two attached hydrogens (primary N) is 1. The van der Waals surface area contributed by atoms with Crippen molar-refractivity contribution in [2.45, 2.75) is 19.4 Å². The Hall–Kier alpha value is -0.940. The van der Waals surface area contributed by atoms with E-state index in [2.05, 4.69) is 0 Å². The Morgan fingerprint density at radius 2 is 2.12 bits per heavy atom. The largest absolute Gasteiger partial charge is 0.398 e. The number of pyridine rings is 1. The average Bonchev–Trinajstić information content (AvgIpc) is 2.32.